The fourth-order valence-corrected chi connectivity index (χ4v) is 1.37. The van der Waals surface area contributed by atoms with Gasteiger partial charge in [0.25, 0.3) is 5.85 Å². The summed E-state index contributed by atoms with van der Waals surface area (Å²) in [6, 6.07) is 9.11. The van der Waals surface area contributed by atoms with Crippen molar-refractivity contribution in [2.24, 2.45) is 5.41 Å². The first-order chi connectivity index (χ1) is 6.04. The highest BCUT2D eigenvalue weighted by Gasteiger charge is 2.66. The maximum atomic E-state index is 13.7. The number of ether oxygens (including phenoxy) is 1. The summed E-state index contributed by atoms with van der Waals surface area (Å²) in [5, 5.41) is 0. The zero-order valence-electron chi connectivity index (χ0n) is 7.88. The van der Waals surface area contributed by atoms with Gasteiger partial charge < -0.3 is 4.74 Å². The van der Waals surface area contributed by atoms with Crippen LogP contribution < -0.4 is 4.74 Å². The van der Waals surface area contributed by atoms with Crippen LogP contribution in [0.3, 0.4) is 0 Å². The van der Waals surface area contributed by atoms with Crippen molar-refractivity contribution in [3.8, 4) is 5.75 Å². The number of benzene rings is 1. The predicted molar refractivity (Wildman–Crippen MR) is 49.3 cm³/mol. The van der Waals surface area contributed by atoms with E-state index in [1.165, 1.54) is 0 Å². The van der Waals surface area contributed by atoms with Crippen molar-refractivity contribution in [1.82, 2.24) is 0 Å². The van der Waals surface area contributed by atoms with E-state index in [-0.39, 0.29) is 5.41 Å². The van der Waals surface area contributed by atoms with Gasteiger partial charge in [0.15, 0.2) is 0 Å². The molecule has 1 atom stereocenters. The van der Waals surface area contributed by atoms with E-state index in [1.807, 2.05) is 32.0 Å². The molecule has 0 saturated heterocycles. The monoisotopic (exact) mass is 180 g/mol. The van der Waals surface area contributed by atoms with E-state index < -0.39 is 5.85 Å². The Morgan fingerprint density at radius 3 is 2.23 bits per heavy atom. The van der Waals surface area contributed by atoms with Crippen LogP contribution in [0.25, 0.3) is 0 Å². The quantitative estimate of drug-likeness (QED) is 0.679. The molecule has 2 heteroatoms. The summed E-state index contributed by atoms with van der Waals surface area (Å²) in [6.45, 7) is 3.74. The van der Waals surface area contributed by atoms with Crippen LogP contribution in [0.2, 0.25) is 0 Å². The molecule has 1 nitrogen and oxygen atoms in total. The molecule has 0 N–H and O–H groups in total. The summed E-state index contributed by atoms with van der Waals surface area (Å²) in [4.78, 5) is 0. The number of alkyl halides is 1. The largest absolute Gasteiger partial charge is 0.457 e. The highest BCUT2D eigenvalue weighted by atomic mass is 19.2. The van der Waals surface area contributed by atoms with E-state index in [1.54, 1.807) is 12.1 Å². The molecule has 0 bridgehead atoms. The highest BCUT2D eigenvalue weighted by Crippen LogP contribution is 2.58. The maximum Gasteiger partial charge on any atom is 0.254 e. The standard InChI is InChI=1S/C11H13FO/c1-10(2)8-11(10,12)13-9-6-4-3-5-7-9/h3-7H,8H2,1-2H3. The van der Waals surface area contributed by atoms with Crippen LogP contribution >= 0.6 is 0 Å². The van der Waals surface area contributed by atoms with E-state index >= 15 is 0 Å². The van der Waals surface area contributed by atoms with Crippen molar-refractivity contribution in [2.45, 2.75) is 26.1 Å². The molecule has 0 amide bonds. The van der Waals surface area contributed by atoms with E-state index in [4.69, 9.17) is 4.74 Å². The van der Waals surface area contributed by atoms with Crippen molar-refractivity contribution in [1.29, 1.82) is 0 Å². The second-order valence-corrected chi connectivity index (χ2v) is 4.20. The van der Waals surface area contributed by atoms with Crippen LogP contribution in [0.15, 0.2) is 30.3 Å². The van der Waals surface area contributed by atoms with Crippen molar-refractivity contribution >= 4 is 0 Å². The van der Waals surface area contributed by atoms with E-state index in [0.717, 1.165) is 0 Å². The van der Waals surface area contributed by atoms with Crippen molar-refractivity contribution < 1.29 is 9.13 Å². The third-order valence-corrected chi connectivity index (χ3v) is 2.58. The van der Waals surface area contributed by atoms with Crippen molar-refractivity contribution in [3.63, 3.8) is 0 Å². The van der Waals surface area contributed by atoms with Gasteiger partial charge >= 0.3 is 0 Å². The Bertz CT molecular complexity index is 307. The molecule has 0 spiro atoms. The molecule has 1 aliphatic rings. The van der Waals surface area contributed by atoms with Crippen LogP contribution in [0.5, 0.6) is 5.75 Å². The fraction of sp³-hybridized carbons (Fsp3) is 0.455. The third-order valence-electron chi connectivity index (χ3n) is 2.58. The molecule has 2 rings (SSSR count). The van der Waals surface area contributed by atoms with E-state index in [0.29, 0.717) is 12.2 Å². The van der Waals surface area contributed by atoms with Gasteiger partial charge in [0.2, 0.25) is 0 Å². The van der Waals surface area contributed by atoms with Gasteiger partial charge in [-0.2, -0.15) is 4.39 Å². The second kappa shape index (κ2) is 2.47. The molecule has 1 fully saturated rings. The summed E-state index contributed by atoms with van der Waals surface area (Å²) in [5.41, 5.74) is -0.331. The lowest BCUT2D eigenvalue weighted by Gasteiger charge is -2.13. The van der Waals surface area contributed by atoms with Crippen molar-refractivity contribution in [2.75, 3.05) is 0 Å². The first kappa shape index (κ1) is 8.54. The SMILES string of the molecule is CC1(C)CC1(F)Oc1ccccc1. The molecule has 1 saturated carbocycles. The summed E-state index contributed by atoms with van der Waals surface area (Å²) in [5.74, 6) is -0.843. The smallest absolute Gasteiger partial charge is 0.254 e. The Morgan fingerprint density at radius 1 is 1.23 bits per heavy atom. The van der Waals surface area contributed by atoms with Gasteiger partial charge in [-0.3, -0.25) is 0 Å². The molecule has 13 heavy (non-hydrogen) atoms. The lowest BCUT2D eigenvalue weighted by molar-refractivity contribution is 0.00495. The molecular weight excluding hydrogens is 167 g/mol. The average Bonchev–Trinajstić information content (AvgIpc) is 2.51. The van der Waals surface area contributed by atoms with Crippen LogP contribution in [-0.4, -0.2) is 5.85 Å². The minimum Gasteiger partial charge on any atom is -0.457 e. The van der Waals surface area contributed by atoms with Crippen LogP contribution in [0.4, 0.5) is 4.39 Å². The molecule has 0 aromatic heterocycles. The molecule has 0 radical (unpaired) electrons. The fourth-order valence-electron chi connectivity index (χ4n) is 1.37. The van der Waals surface area contributed by atoms with E-state index in [2.05, 4.69) is 0 Å². The lowest BCUT2D eigenvalue weighted by Crippen LogP contribution is -2.18. The van der Waals surface area contributed by atoms with Crippen LogP contribution in [-0.2, 0) is 0 Å². The molecule has 0 aliphatic heterocycles. The predicted octanol–water partition coefficient (Wildman–Crippen LogP) is 3.16. The summed E-state index contributed by atoms with van der Waals surface area (Å²) >= 11 is 0. The first-order valence-corrected chi connectivity index (χ1v) is 4.47. The minimum absolute atomic E-state index is 0.331. The van der Waals surface area contributed by atoms with Gasteiger partial charge in [-0.1, -0.05) is 32.0 Å². The first-order valence-electron chi connectivity index (χ1n) is 4.47. The van der Waals surface area contributed by atoms with Crippen molar-refractivity contribution in [3.05, 3.63) is 30.3 Å². The second-order valence-electron chi connectivity index (χ2n) is 4.20. The average molecular weight is 180 g/mol. The number of hydrogen-bond donors (Lipinski definition) is 0. The van der Waals surface area contributed by atoms with Gasteiger partial charge in [-0.25, -0.2) is 0 Å². The topological polar surface area (TPSA) is 9.23 Å². The molecule has 1 aromatic rings. The van der Waals surface area contributed by atoms with Crippen LogP contribution in [0.1, 0.15) is 20.3 Å². The Labute approximate surface area is 77.5 Å². The van der Waals surface area contributed by atoms with Gasteiger partial charge in [0.05, 0.1) is 0 Å². The Kier molecular flexibility index (Phi) is 1.62. The normalized spacial score (nSPS) is 29.8. The third kappa shape index (κ3) is 1.41. The Balaban J connectivity index is 2.09. The highest BCUT2D eigenvalue weighted by molar-refractivity contribution is 5.24. The molecule has 1 aliphatic carbocycles. The number of para-hydroxylation sites is 1. The molecule has 0 heterocycles. The van der Waals surface area contributed by atoms with Gasteiger partial charge in [0.1, 0.15) is 5.75 Å². The maximum absolute atomic E-state index is 13.7. The molecular formula is C11H13FO. The molecule has 1 aromatic carbocycles. The molecule has 1 unspecified atom stereocenters. The lowest BCUT2D eigenvalue weighted by atomic mass is 10.2. The summed E-state index contributed by atoms with van der Waals surface area (Å²) in [6.07, 6.45) is 0.481. The minimum atomic E-state index is -1.45. The van der Waals surface area contributed by atoms with Gasteiger partial charge in [-0.05, 0) is 12.1 Å². The zero-order valence-corrected chi connectivity index (χ0v) is 7.88. The zero-order chi connectivity index (χ0) is 9.53. The number of hydrogen-bond acceptors (Lipinski definition) is 1. The van der Waals surface area contributed by atoms with Gasteiger partial charge in [-0.15, -0.1) is 0 Å². The van der Waals surface area contributed by atoms with E-state index in [9.17, 15) is 4.39 Å². The Hall–Kier alpha value is -1.05. The van der Waals surface area contributed by atoms with Crippen LogP contribution in [0, 0.1) is 5.41 Å². The number of halogens is 1. The summed E-state index contributed by atoms with van der Waals surface area (Å²) < 4.78 is 19.0. The molecule has 70 valence electrons. The Morgan fingerprint density at radius 2 is 1.77 bits per heavy atom. The summed E-state index contributed by atoms with van der Waals surface area (Å²) in [7, 11) is 0. The number of rotatable bonds is 2. The van der Waals surface area contributed by atoms with Gasteiger partial charge in [0, 0.05) is 11.8 Å².